The van der Waals surface area contributed by atoms with Crippen LogP contribution in [0.5, 0.6) is 6.01 Å². The molecule has 0 bridgehead atoms. The molecule has 0 unspecified atom stereocenters. The number of likely N-dealkylation sites (tertiary alicyclic amines) is 1. The largest absolute Gasteiger partial charge is 0.460 e. The van der Waals surface area contributed by atoms with Gasteiger partial charge in [0, 0.05) is 26.2 Å². The predicted octanol–water partition coefficient (Wildman–Crippen LogP) is 2.23. The summed E-state index contributed by atoms with van der Waals surface area (Å²) in [5.74, 6) is 1.14. The zero-order valence-electron chi connectivity index (χ0n) is 13.0. The summed E-state index contributed by atoms with van der Waals surface area (Å²) < 4.78 is 48.3. The lowest BCUT2D eigenvalue weighted by Crippen LogP contribution is -2.38. The molecule has 2 aromatic rings. The van der Waals surface area contributed by atoms with E-state index in [4.69, 9.17) is 9.26 Å². The topological polar surface area (TPSA) is 77.2 Å². The molecule has 0 radical (unpaired) electrons. The predicted molar refractivity (Wildman–Crippen MR) is 75.0 cm³/mol. The first-order valence-corrected chi connectivity index (χ1v) is 7.48. The second kappa shape index (κ2) is 6.71. The van der Waals surface area contributed by atoms with Gasteiger partial charge >= 0.3 is 12.2 Å². The third-order valence-electron chi connectivity index (χ3n) is 3.67. The third-order valence-corrected chi connectivity index (χ3v) is 3.67. The SMILES string of the molecule is Cc1nc(CN2CCC(Oc3nccc(C(F)(F)F)n3)CC2)no1. The second-order valence-corrected chi connectivity index (χ2v) is 5.55. The first-order chi connectivity index (χ1) is 11.4. The van der Waals surface area contributed by atoms with Crippen LogP contribution in [-0.2, 0) is 12.7 Å². The highest BCUT2D eigenvalue weighted by Gasteiger charge is 2.33. The molecule has 3 rings (SSSR count). The van der Waals surface area contributed by atoms with Crippen molar-refractivity contribution in [2.45, 2.75) is 38.6 Å². The maximum Gasteiger partial charge on any atom is 0.433 e. The highest BCUT2D eigenvalue weighted by molar-refractivity contribution is 5.09. The Morgan fingerprint density at radius 3 is 2.67 bits per heavy atom. The molecule has 2 aromatic heterocycles. The number of aryl methyl sites for hydroxylation is 1. The van der Waals surface area contributed by atoms with Crippen LogP contribution < -0.4 is 4.74 Å². The fourth-order valence-corrected chi connectivity index (χ4v) is 2.50. The monoisotopic (exact) mass is 343 g/mol. The van der Waals surface area contributed by atoms with Crippen molar-refractivity contribution in [1.29, 1.82) is 0 Å². The minimum Gasteiger partial charge on any atom is -0.460 e. The Morgan fingerprint density at radius 2 is 2.04 bits per heavy atom. The van der Waals surface area contributed by atoms with Gasteiger partial charge in [-0.1, -0.05) is 5.16 Å². The molecule has 10 heteroatoms. The van der Waals surface area contributed by atoms with Gasteiger partial charge in [0.2, 0.25) is 5.89 Å². The lowest BCUT2D eigenvalue weighted by atomic mass is 10.1. The van der Waals surface area contributed by atoms with Crippen LogP contribution in [0.25, 0.3) is 0 Å². The lowest BCUT2D eigenvalue weighted by Gasteiger charge is -2.30. The molecule has 7 nitrogen and oxygen atoms in total. The van der Waals surface area contributed by atoms with Gasteiger partial charge in [0.15, 0.2) is 11.5 Å². The number of aromatic nitrogens is 4. The molecule has 0 spiro atoms. The molecule has 1 saturated heterocycles. The molecule has 130 valence electrons. The molecule has 0 aromatic carbocycles. The first-order valence-electron chi connectivity index (χ1n) is 7.48. The van der Waals surface area contributed by atoms with Gasteiger partial charge in [-0.15, -0.1) is 0 Å². The average Bonchev–Trinajstić information content (AvgIpc) is 2.94. The zero-order valence-corrected chi connectivity index (χ0v) is 13.0. The van der Waals surface area contributed by atoms with Crippen LogP contribution in [0.2, 0.25) is 0 Å². The summed E-state index contributed by atoms with van der Waals surface area (Å²) in [5.41, 5.74) is -1.00. The molecule has 0 saturated carbocycles. The fraction of sp³-hybridized carbons (Fsp3) is 0.571. The Labute approximate surface area is 135 Å². The minimum atomic E-state index is -4.51. The molecule has 3 heterocycles. The van der Waals surface area contributed by atoms with Gasteiger partial charge in [0.1, 0.15) is 6.10 Å². The molecule has 24 heavy (non-hydrogen) atoms. The van der Waals surface area contributed by atoms with E-state index in [2.05, 4.69) is 25.0 Å². The Bertz CT molecular complexity index is 683. The van der Waals surface area contributed by atoms with E-state index in [9.17, 15) is 13.2 Å². The number of hydrogen-bond acceptors (Lipinski definition) is 7. The lowest BCUT2D eigenvalue weighted by molar-refractivity contribution is -0.141. The normalized spacial score (nSPS) is 17.2. The van der Waals surface area contributed by atoms with Crippen LogP contribution >= 0.6 is 0 Å². The smallest absolute Gasteiger partial charge is 0.433 e. The molecule has 1 fully saturated rings. The molecular formula is C14H16F3N5O2. The van der Waals surface area contributed by atoms with Gasteiger partial charge < -0.3 is 9.26 Å². The summed E-state index contributed by atoms with van der Waals surface area (Å²) in [6.07, 6.45) is -2.34. The van der Waals surface area contributed by atoms with E-state index in [1.807, 2.05) is 0 Å². The summed E-state index contributed by atoms with van der Waals surface area (Å²) in [5, 5.41) is 3.84. The van der Waals surface area contributed by atoms with Crippen LogP contribution in [0.3, 0.4) is 0 Å². The standard InChI is InChI=1S/C14H16F3N5O2/c1-9-19-12(21-24-9)8-22-6-3-10(4-7-22)23-13-18-5-2-11(20-13)14(15,16)17/h2,5,10H,3-4,6-8H2,1H3. The molecule has 0 aliphatic carbocycles. The summed E-state index contributed by atoms with van der Waals surface area (Å²) in [4.78, 5) is 13.5. The van der Waals surface area contributed by atoms with E-state index in [1.54, 1.807) is 6.92 Å². The summed E-state index contributed by atoms with van der Waals surface area (Å²) in [6, 6.07) is 0.583. The Morgan fingerprint density at radius 1 is 1.29 bits per heavy atom. The third kappa shape index (κ3) is 4.19. The van der Waals surface area contributed by atoms with Crippen LogP contribution in [-0.4, -0.2) is 44.2 Å². The van der Waals surface area contributed by atoms with Crippen molar-refractivity contribution in [2.24, 2.45) is 0 Å². The van der Waals surface area contributed by atoms with E-state index in [-0.39, 0.29) is 12.1 Å². The molecule has 0 atom stereocenters. The van der Waals surface area contributed by atoms with Crippen molar-refractivity contribution in [1.82, 2.24) is 25.0 Å². The van der Waals surface area contributed by atoms with Gasteiger partial charge in [-0.25, -0.2) is 4.98 Å². The van der Waals surface area contributed by atoms with Crippen molar-refractivity contribution in [2.75, 3.05) is 13.1 Å². The summed E-state index contributed by atoms with van der Waals surface area (Å²) >= 11 is 0. The molecular weight excluding hydrogens is 327 g/mol. The zero-order chi connectivity index (χ0) is 17.2. The van der Waals surface area contributed by atoms with E-state index >= 15 is 0 Å². The number of piperidine rings is 1. The van der Waals surface area contributed by atoms with Crippen LogP contribution in [0.15, 0.2) is 16.8 Å². The number of nitrogens with zero attached hydrogens (tertiary/aromatic N) is 5. The van der Waals surface area contributed by atoms with Crippen molar-refractivity contribution in [3.05, 3.63) is 29.7 Å². The van der Waals surface area contributed by atoms with Crippen molar-refractivity contribution < 1.29 is 22.4 Å². The Hall–Kier alpha value is -2.23. The van der Waals surface area contributed by atoms with E-state index in [0.29, 0.717) is 31.1 Å². The van der Waals surface area contributed by atoms with E-state index < -0.39 is 11.9 Å². The maximum atomic E-state index is 12.6. The van der Waals surface area contributed by atoms with Crippen LogP contribution in [0, 0.1) is 6.92 Å². The fourth-order valence-electron chi connectivity index (χ4n) is 2.50. The first kappa shape index (κ1) is 16.6. The second-order valence-electron chi connectivity index (χ2n) is 5.55. The van der Waals surface area contributed by atoms with Gasteiger partial charge in [-0.2, -0.15) is 23.1 Å². The van der Waals surface area contributed by atoms with Gasteiger partial charge in [-0.3, -0.25) is 4.90 Å². The van der Waals surface area contributed by atoms with Crippen molar-refractivity contribution >= 4 is 0 Å². The van der Waals surface area contributed by atoms with Crippen LogP contribution in [0.4, 0.5) is 13.2 Å². The molecule has 1 aliphatic rings. The summed E-state index contributed by atoms with van der Waals surface area (Å²) in [7, 11) is 0. The Kier molecular flexibility index (Phi) is 4.65. The Balaban J connectivity index is 1.52. The highest BCUT2D eigenvalue weighted by atomic mass is 19.4. The number of alkyl halides is 3. The van der Waals surface area contributed by atoms with Crippen molar-refractivity contribution in [3.8, 4) is 6.01 Å². The van der Waals surface area contributed by atoms with Crippen LogP contribution in [0.1, 0.15) is 30.3 Å². The molecule has 1 aliphatic heterocycles. The maximum absolute atomic E-state index is 12.6. The van der Waals surface area contributed by atoms with E-state index in [1.165, 1.54) is 0 Å². The highest BCUT2D eigenvalue weighted by Crippen LogP contribution is 2.28. The summed E-state index contributed by atoms with van der Waals surface area (Å²) in [6.45, 7) is 3.74. The number of halogens is 3. The van der Waals surface area contributed by atoms with Gasteiger partial charge in [0.25, 0.3) is 0 Å². The minimum absolute atomic E-state index is 0.211. The average molecular weight is 343 g/mol. The van der Waals surface area contributed by atoms with Crippen molar-refractivity contribution in [3.63, 3.8) is 0 Å². The number of hydrogen-bond donors (Lipinski definition) is 0. The molecule has 0 amide bonds. The quantitative estimate of drug-likeness (QED) is 0.842. The number of rotatable bonds is 4. The van der Waals surface area contributed by atoms with Gasteiger partial charge in [-0.05, 0) is 18.9 Å². The number of ether oxygens (including phenoxy) is 1. The van der Waals surface area contributed by atoms with E-state index in [0.717, 1.165) is 25.4 Å². The molecule has 0 N–H and O–H groups in total. The van der Waals surface area contributed by atoms with Gasteiger partial charge in [0.05, 0.1) is 6.54 Å².